The largest absolute Gasteiger partial charge is 0.305 e. The van der Waals surface area contributed by atoms with Crippen LogP contribution in [0.2, 0.25) is 0 Å². The number of alkyl halides is 1. The van der Waals surface area contributed by atoms with E-state index in [0.717, 1.165) is 32.4 Å². The molecule has 1 aliphatic carbocycles. The molecule has 12 heavy (non-hydrogen) atoms. The molecule has 0 radical (unpaired) electrons. The third-order valence-corrected chi connectivity index (χ3v) is 3.07. The van der Waals surface area contributed by atoms with E-state index >= 15 is 0 Å². The summed E-state index contributed by atoms with van der Waals surface area (Å²) < 4.78 is 14.2. The van der Waals surface area contributed by atoms with E-state index in [-0.39, 0.29) is 12.2 Å². The second kappa shape index (κ2) is 3.13. The molecule has 0 bridgehead atoms. The average molecular weight is 193 g/mol. The van der Waals surface area contributed by atoms with Crippen LogP contribution in [0.3, 0.4) is 0 Å². The quantitative estimate of drug-likeness (QED) is 0.679. The standard InChI is InChI=1S/C8H14ClFN2/c9-12-4-1-7(5-12)11-8(6-10)2-3-8/h7,11H,1-6H2. The third-order valence-electron chi connectivity index (χ3n) is 2.76. The summed E-state index contributed by atoms with van der Waals surface area (Å²) >= 11 is 5.80. The zero-order chi connectivity index (χ0) is 8.60. The molecule has 0 aromatic rings. The Morgan fingerprint density at radius 3 is 2.75 bits per heavy atom. The molecule has 2 rings (SSSR count). The Kier molecular flexibility index (Phi) is 2.27. The number of halogens is 2. The van der Waals surface area contributed by atoms with Crippen molar-refractivity contribution in [3.05, 3.63) is 0 Å². The SMILES string of the molecule is FCC1(NC2CCN(Cl)C2)CC1. The van der Waals surface area contributed by atoms with Gasteiger partial charge in [0.15, 0.2) is 0 Å². The summed E-state index contributed by atoms with van der Waals surface area (Å²) in [4.78, 5) is 0. The first-order chi connectivity index (χ1) is 5.74. The van der Waals surface area contributed by atoms with Crippen molar-refractivity contribution in [2.75, 3.05) is 19.8 Å². The van der Waals surface area contributed by atoms with Gasteiger partial charge < -0.3 is 5.32 Å². The average Bonchev–Trinajstić information content (AvgIpc) is 2.71. The van der Waals surface area contributed by atoms with Crippen LogP contribution in [0.1, 0.15) is 19.3 Å². The molecule has 1 atom stereocenters. The first-order valence-corrected chi connectivity index (χ1v) is 4.82. The highest BCUT2D eigenvalue weighted by Gasteiger charge is 2.44. The molecule has 1 saturated heterocycles. The lowest BCUT2D eigenvalue weighted by molar-refractivity contribution is 0.327. The van der Waals surface area contributed by atoms with Crippen molar-refractivity contribution >= 4 is 11.8 Å². The molecule has 70 valence electrons. The van der Waals surface area contributed by atoms with Crippen molar-refractivity contribution in [1.29, 1.82) is 0 Å². The van der Waals surface area contributed by atoms with Gasteiger partial charge in [0.1, 0.15) is 6.67 Å². The second-order valence-electron chi connectivity index (χ2n) is 3.91. The lowest BCUT2D eigenvalue weighted by atomic mass is 10.2. The fourth-order valence-corrected chi connectivity index (χ4v) is 2.00. The van der Waals surface area contributed by atoms with Gasteiger partial charge in [-0.3, -0.25) is 0 Å². The number of hydrogen-bond acceptors (Lipinski definition) is 2. The molecular formula is C8H14ClFN2. The molecule has 1 N–H and O–H groups in total. The molecule has 2 fully saturated rings. The summed E-state index contributed by atoms with van der Waals surface area (Å²) in [6, 6.07) is 0.403. The van der Waals surface area contributed by atoms with Crippen LogP contribution in [0.4, 0.5) is 4.39 Å². The summed E-state index contributed by atoms with van der Waals surface area (Å²) in [6.45, 7) is 1.54. The Balaban J connectivity index is 1.80. The molecule has 1 unspecified atom stereocenters. The topological polar surface area (TPSA) is 15.3 Å². The Labute approximate surface area is 77.2 Å². The van der Waals surface area contributed by atoms with E-state index in [0.29, 0.717) is 6.04 Å². The fraction of sp³-hybridized carbons (Fsp3) is 1.00. The number of nitrogens with one attached hydrogen (secondary N) is 1. The molecule has 0 aromatic heterocycles. The predicted molar refractivity (Wildman–Crippen MR) is 46.9 cm³/mol. The van der Waals surface area contributed by atoms with Gasteiger partial charge in [-0.1, -0.05) is 0 Å². The molecular weight excluding hydrogens is 179 g/mol. The minimum Gasteiger partial charge on any atom is -0.305 e. The maximum atomic E-state index is 12.5. The highest BCUT2D eigenvalue weighted by Crippen LogP contribution is 2.36. The molecule has 1 saturated carbocycles. The second-order valence-corrected chi connectivity index (χ2v) is 4.39. The molecule has 2 aliphatic rings. The van der Waals surface area contributed by atoms with E-state index in [1.54, 1.807) is 4.42 Å². The van der Waals surface area contributed by atoms with Crippen molar-refractivity contribution in [1.82, 2.24) is 9.74 Å². The van der Waals surface area contributed by atoms with Gasteiger partial charge in [0.05, 0.1) is 0 Å². The summed E-state index contributed by atoms with van der Waals surface area (Å²) in [6.07, 6.45) is 3.02. The van der Waals surface area contributed by atoms with E-state index in [9.17, 15) is 4.39 Å². The fourth-order valence-electron chi connectivity index (χ4n) is 1.74. The van der Waals surface area contributed by atoms with Gasteiger partial charge >= 0.3 is 0 Å². The highest BCUT2D eigenvalue weighted by atomic mass is 35.5. The summed E-state index contributed by atoms with van der Waals surface area (Å²) in [5, 5.41) is 3.35. The van der Waals surface area contributed by atoms with Crippen molar-refractivity contribution in [3.8, 4) is 0 Å². The van der Waals surface area contributed by atoms with Gasteiger partial charge in [-0.15, -0.1) is 0 Å². The van der Waals surface area contributed by atoms with E-state index in [4.69, 9.17) is 11.8 Å². The lowest BCUT2D eigenvalue weighted by Crippen LogP contribution is -2.42. The Hall–Kier alpha value is 0.140. The molecule has 1 heterocycles. The molecule has 0 spiro atoms. The third kappa shape index (κ3) is 1.73. The molecule has 4 heteroatoms. The van der Waals surface area contributed by atoms with E-state index in [2.05, 4.69) is 5.32 Å². The maximum Gasteiger partial charge on any atom is 0.108 e. The minimum absolute atomic E-state index is 0.160. The van der Waals surface area contributed by atoms with E-state index < -0.39 is 0 Å². The summed E-state index contributed by atoms with van der Waals surface area (Å²) in [5.74, 6) is 0. The molecule has 1 aliphatic heterocycles. The van der Waals surface area contributed by atoms with Gasteiger partial charge in [-0.05, 0) is 31.0 Å². The zero-order valence-electron chi connectivity index (χ0n) is 7.02. The normalized spacial score (nSPS) is 34.0. The van der Waals surface area contributed by atoms with Crippen LogP contribution in [-0.4, -0.2) is 35.8 Å². The van der Waals surface area contributed by atoms with Crippen LogP contribution in [0.25, 0.3) is 0 Å². The Morgan fingerprint density at radius 2 is 2.33 bits per heavy atom. The van der Waals surface area contributed by atoms with Gasteiger partial charge in [0, 0.05) is 24.7 Å². The van der Waals surface area contributed by atoms with Gasteiger partial charge in [-0.2, -0.15) is 0 Å². The summed E-state index contributed by atoms with van der Waals surface area (Å²) in [7, 11) is 0. The van der Waals surface area contributed by atoms with Crippen LogP contribution >= 0.6 is 11.8 Å². The van der Waals surface area contributed by atoms with Crippen LogP contribution < -0.4 is 5.32 Å². The van der Waals surface area contributed by atoms with Crippen molar-refractivity contribution < 1.29 is 4.39 Å². The maximum absolute atomic E-state index is 12.5. The number of nitrogens with zero attached hydrogens (tertiary/aromatic N) is 1. The first-order valence-electron chi connectivity index (χ1n) is 4.48. The predicted octanol–water partition coefficient (Wildman–Crippen LogP) is 1.31. The highest BCUT2D eigenvalue weighted by molar-refractivity contribution is 6.13. The monoisotopic (exact) mass is 192 g/mol. The van der Waals surface area contributed by atoms with Crippen LogP contribution in [0.5, 0.6) is 0 Å². The van der Waals surface area contributed by atoms with Crippen LogP contribution in [0.15, 0.2) is 0 Å². The smallest absolute Gasteiger partial charge is 0.108 e. The number of hydrogen-bond donors (Lipinski definition) is 1. The Morgan fingerprint density at radius 1 is 1.58 bits per heavy atom. The van der Waals surface area contributed by atoms with Gasteiger partial charge in [0.2, 0.25) is 0 Å². The minimum atomic E-state index is -0.230. The van der Waals surface area contributed by atoms with Crippen molar-refractivity contribution in [3.63, 3.8) is 0 Å². The Bertz CT molecular complexity index is 172. The summed E-state index contributed by atoms with van der Waals surface area (Å²) in [5.41, 5.74) is -0.160. The van der Waals surface area contributed by atoms with Crippen molar-refractivity contribution in [2.45, 2.75) is 30.8 Å². The zero-order valence-corrected chi connectivity index (χ0v) is 7.78. The molecule has 2 nitrogen and oxygen atoms in total. The molecule has 0 amide bonds. The molecule has 0 aromatic carbocycles. The number of rotatable bonds is 3. The van der Waals surface area contributed by atoms with Crippen LogP contribution in [0, 0.1) is 0 Å². The van der Waals surface area contributed by atoms with E-state index in [1.165, 1.54) is 0 Å². The van der Waals surface area contributed by atoms with E-state index in [1.807, 2.05) is 0 Å². The van der Waals surface area contributed by atoms with Crippen LogP contribution in [-0.2, 0) is 0 Å². The first kappa shape index (κ1) is 8.73. The lowest BCUT2D eigenvalue weighted by Gasteiger charge is -2.18. The van der Waals surface area contributed by atoms with Crippen molar-refractivity contribution in [2.24, 2.45) is 0 Å². The van der Waals surface area contributed by atoms with Gasteiger partial charge in [-0.25, -0.2) is 8.81 Å². The van der Waals surface area contributed by atoms with Gasteiger partial charge in [0.25, 0.3) is 0 Å².